The smallest absolute Gasteiger partial charge is 0.0812 e. The minimum absolute atomic E-state index is 0.730. The molecule has 0 radical (unpaired) electrons. The van der Waals surface area contributed by atoms with Gasteiger partial charge in [0.25, 0.3) is 0 Å². The van der Waals surface area contributed by atoms with Gasteiger partial charge in [0.1, 0.15) is 0 Å². The highest BCUT2D eigenvalue weighted by atomic mass is 16.5. The van der Waals surface area contributed by atoms with E-state index in [1.165, 1.54) is 5.56 Å². The van der Waals surface area contributed by atoms with Crippen molar-refractivity contribution in [3.8, 4) is 0 Å². The monoisotopic (exact) mass is 188 g/mol. The van der Waals surface area contributed by atoms with Crippen LogP contribution in [0.15, 0.2) is 42.6 Å². The molecular formula is C11H12N2O. The van der Waals surface area contributed by atoms with E-state index in [1.54, 1.807) is 12.3 Å². The second-order valence-electron chi connectivity index (χ2n) is 3.14. The SMILES string of the molecule is ONc1cc[nH]c1Cc1ccccc1. The number of hydrogen-bond donors (Lipinski definition) is 3. The summed E-state index contributed by atoms with van der Waals surface area (Å²) in [6.45, 7) is 0. The Morgan fingerprint density at radius 1 is 1.14 bits per heavy atom. The van der Waals surface area contributed by atoms with Crippen LogP contribution in [-0.2, 0) is 6.42 Å². The molecule has 2 rings (SSSR count). The number of hydrogen-bond acceptors (Lipinski definition) is 2. The lowest BCUT2D eigenvalue weighted by Gasteiger charge is -2.02. The van der Waals surface area contributed by atoms with E-state index in [0.717, 1.165) is 17.8 Å². The van der Waals surface area contributed by atoms with Crippen LogP contribution in [0.3, 0.4) is 0 Å². The standard InChI is InChI=1S/C11H12N2O/c14-13-10-6-7-12-11(10)8-9-4-2-1-3-5-9/h1-7,12-14H,8H2. The largest absolute Gasteiger partial charge is 0.363 e. The summed E-state index contributed by atoms with van der Waals surface area (Å²) in [5, 5.41) is 8.82. The second-order valence-corrected chi connectivity index (χ2v) is 3.14. The summed E-state index contributed by atoms with van der Waals surface area (Å²) in [5.41, 5.74) is 5.09. The van der Waals surface area contributed by atoms with E-state index in [-0.39, 0.29) is 0 Å². The Balaban J connectivity index is 2.19. The van der Waals surface area contributed by atoms with Crippen LogP contribution in [0.1, 0.15) is 11.3 Å². The summed E-state index contributed by atoms with van der Waals surface area (Å²) in [6, 6.07) is 11.9. The van der Waals surface area contributed by atoms with E-state index >= 15 is 0 Å². The molecule has 72 valence electrons. The van der Waals surface area contributed by atoms with Gasteiger partial charge in [-0.1, -0.05) is 30.3 Å². The molecule has 0 saturated heterocycles. The van der Waals surface area contributed by atoms with E-state index in [2.05, 4.69) is 22.6 Å². The lowest BCUT2D eigenvalue weighted by Crippen LogP contribution is -1.95. The molecule has 0 aliphatic heterocycles. The van der Waals surface area contributed by atoms with Crippen molar-refractivity contribution in [3.63, 3.8) is 0 Å². The Kier molecular flexibility index (Phi) is 2.51. The van der Waals surface area contributed by atoms with Crippen LogP contribution in [0.2, 0.25) is 0 Å². The molecule has 3 N–H and O–H groups in total. The molecule has 14 heavy (non-hydrogen) atoms. The molecule has 0 spiro atoms. The lowest BCUT2D eigenvalue weighted by molar-refractivity contribution is 0.388. The highest BCUT2D eigenvalue weighted by molar-refractivity contribution is 5.47. The molecule has 0 aliphatic carbocycles. The summed E-state index contributed by atoms with van der Waals surface area (Å²) in [7, 11) is 0. The highest BCUT2D eigenvalue weighted by Gasteiger charge is 2.02. The highest BCUT2D eigenvalue weighted by Crippen LogP contribution is 2.16. The lowest BCUT2D eigenvalue weighted by atomic mass is 10.1. The summed E-state index contributed by atoms with van der Waals surface area (Å²) in [5.74, 6) is 0. The number of rotatable bonds is 3. The maximum absolute atomic E-state index is 8.82. The van der Waals surface area contributed by atoms with Crippen LogP contribution >= 0.6 is 0 Å². The van der Waals surface area contributed by atoms with E-state index in [1.807, 2.05) is 18.2 Å². The third kappa shape index (κ3) is 1.78. The number of H-pyrrole nitrogens is 1. The fourth-order valence-corrected chi connectivity index (χ4v) is 1.45. The zero-order valence-corrected chi connectivity index (χ0v) is 7.70. The maximum atomic E-state index is 8.82. The molecule has 0 atom stereocenters. The van der Waals surface area contributed by atoms with Crippen LogP contribution in [0.5, 0.6) is 0 Å². The molecular weight excluding hydrogens is 176 g/mol. The molecule has 0 unspecified atom stereocenters. The van der Waals surface area contributed by atoms with Crippen molar-refractivity contribution in [2.75, 3.05) is 5.48 Å². The van der Waals surface area contributed by atoms with Crippen LogP contribution in [-0.4, -0.2) is 10.2 Å². The first kappa shape index (κ1) is 8.84. The zero-order chi connectivity index (χ0) is 9.80. The summed E-state index contributed by atoms with van der Waals surface area (Å²) in [4.78, 5) is 3.08. The van der Waals surface area contributed by atoms with Crippen molar-refractivity contribution in [1.82, 2.24) is 4.98 Å². The minimum Gasteiger partial charge on any atom is -0.363 e. The molecule has 3 heteroatoms. The van der Waals surface area contributed by atoms with Crippen molar-refractivity contribution in [2.45, 2.75) is 6.42 Å². The van der Waals surface area contributed by atoms with Crippen molar-refractivity contribution in [1.29, 1.82) is 0 Å². The Bertz CT molecular complexity index is 395. The number of aromatic nitrogens is 1. The molecule has 0 amide bonds. The average Bonchev–Trinajstić information content (AvgIpc) is 2.67. The third-order valence-electron chi connectivity index (χ3n) is 2.18. The van der Waals surface area contributed by atoms with Crippen LogP contribution in [0.25, 0.3) is 0 Å². The van der Waals surface area contributed by atoms with E-state index < -0.39 is 0 Å². The minimum atomic E-state index is 0.730. The van der Waals surface area contributed by atoms with E-state index in [4.69, 9.17) is 5.21 Å². The molecule has 1 aromatic carbocycles. The van der Waals surface area contributed by atoms with Gasteiger partial charge < -0.3 is 4.98 Å². The molecule has 0 fully saturated rings. The van der Waals surface area contributed by atoms with Crippen LogP contribution in [0.4, 0.5) is 5.69 Å². The molecule has 0 aliphatic rings. The fraction of sp³-hybridized carbons (Fsp3) is 0.0909. The normalized spacial score (nSPS) is 10.1. The Hall–Kier alpha value is -1.74. The molecule has 1 heterocycles. The summed E-state index contributed by atoms with van der Waals surface area (Å²) < 4.78 is 0. The molecule has 0 saturated carbocycles. The number of anilines is 1. The van der Waals surface area contributed by atoms with Gasteiger partial charge in [0.15, 0.2) is 0 Å². The van der Waals surface area contributed by atoms with Gasteiger partial charge >= 0.3 is 0 Å². The predicted octanol–water partition coefficient (Wildman–Crippen LogP) is 2.41. The zero-order valence-electron chi connectivity index (χ0n) is 7.70. The van der Waals surface area contributed by atoms with Crippen LogP contribution in [0, 0.1) is 0 Å². The molecule has 0 bridgehead atoms. The first-order valence-corrected chi connectivity index (χ1v) is 4.50. The van der Waals surface area contributed by atoms with E-state index in [0.29, 0.717) is 0 Å². The van der Waals surface area contributed by atoms with E-state index in [9.17, 15) is 0 Å². The van der Waals surface area contributed by atoms with Gasteiger partial charge in [0.05, 0.1) is 5.69 Å². The first-order valence-electron chi connectivity index (χ1n) is 4.50. The summed E-state index contributed by atoms with van der Waals surface area (Å²) in [6.07, 6.45) is 2.59. The average molecular weight is 188 g/mol. The fourth-order valence-electron chi connectivity index (χ4n) is 1.45. The van der Waals surface area contributed by atoms with Crippen LogP contribution < -0.4 is 5.48 Å². The van der Waals surface area contributed by atoms with Gasteiger partial charge in [-0.15, -0.1) is 0 Å². The Labute approximate surface area is 82.4 Å². The topological polar surface area (TPSA) is 48.0 Å². The number of aromatic amines is 1. The number of benzene rings is 1. The van der Waals surface area contributed by atoms with Crippen molar-refractivity contribution < 1.29 is 5.21 Å². The first-order chi connectivity index (χ1) is 6.90. The molecule has 1 aromatic heterocycles. The van der Waals surface area contributed by atoms with Gasteiger partial charge in [-0.05, 0) is 11.6 Å². The number of nitrogens with one attached hydrogen (secondary N) is 2. The maximum Gasteiger partial charge on any atom is 0.0812 e. The van der Waals surface area contributed by atoms with Crippen molar-refractivity contribution in [2.24, 2.45) is 0 Å². The van der Waals surface area contributed by atoms with Gasteiger partial charge in [-0.2, -0.15) is 0 Å². The Morgan fingerprint density at radius 2 is 1.93 bits per heavy atom. The molecule has 2 aromatic rings. The summed E-state index contributed by atoms with van der Waals surface area (Å²) >= 11 is 0. The van der Waals surface area contributed by atoms with Gasteiger partial charge in [-0.3, -0.25) is 10.7 Å². The molecule has 3 nitrogen and oxygen atoms in total. The van der Waals surface area contributed by atoms with Gasteiger partial charge in [0.2, 0.25) is 0 Å². The quantitative estimate of drug-likeness (QED) is 0.648. The van der Waals surface area contributed by atoms with Gasteiger partial charge in [-0.25, -0.2) is 0 Å². The second kappa shape index (κ2) is 3.98. The van der Waals surface area contributed by atoms with Crippen molar-refractivity contribution in [3.05, 3.63) is 53.9 Å². The van der Waals surface area contributed by atoms with Gasteiger partial charge in [0, 0.05) is 18.3 Å². The van der Waals surface area contributed by atoms with Crippen molar-refractivity contribution >= 4 is 5.69 Å². The predicted molar refractivity (Wildman–Crippen MR) is 55.4 cm³/mol. The Morgan fingerprint density at radius 3 is 2.64 bits per heavy atom. The third-order valence-corrected chi connectivity index (χ3v) is 2.18.